The molecule has 3 heteroatoms. The Balaban J connectivity index is 1.51. The minimum atomic E-state index is 0.344. The molecule has 3 nitrogen and oxygen atoms in total. The number of aliphatic hydroxyl groups excluding tert-OH is 1. The number of nitrogens with zero attached hydrogens (tertiary/aromatic N) is 1. The Hall–Kier alpha value is -1.06. The van der Waals surface area contributed by atoms with Gasteiger partial charge in [0.25, 0.3) is 0 Å². The molecule has 1 atom stereocenters. The molecule has 0 spiro atoms. The standard InChI is InChI=1S/C20H32N2O/c1-15(2)20(18-5-6-18)21-13-16-3-7-19(8-4-16)22-11-9-17(14-23)10-12-22/h3-4,7-8,15,17-18,20-21,23H,5-6,9-14H2,1-2H3. The van der Waals surface area contributed by atoms with Crippen LogP contribution in [0.5, 0.6) is 0 Å². The first kappa shape index (κ1) is 16.8. The molecule has 1 saturated heterocycles. The molecular formula is C20H32N2O. The van der Waals surface area contributed by atoms with Gasteiger partial charge in [-0.15, -0.1) is 0 Å². The lowest BCUT2D eigenvalue weighted by atomic mass is 9.97. The van der Waals surface area contributed by atoms with E-state index in [1.165, 1.54) is 24.1 Å². The number of hydrogen-bond acceptors (Lipinski definition) is 3. The van der Waals surface area contributed by atoms with Crippen LogP contribution in [0.4, 0.5) is 5.69 Å². The molecule has 1 aromatic carbocycles. The summed E-state index contributed by atoms with van der Waals surface area (Å²) in [4.78, 5) is 2.45. The van der Waals surface area contributed by atoms with Crippen molar-refractivity contribution in [2.24, 2.45) is 17.8 Å². The monoisotopic (exact) mass is 316 g/mol. The molecule has 1 aliphatic heterocycles. The van der Waals surface area contributed by atoms with Gasteiger partial charge in [-0.2, -0.15) is 0 Å². The topological polar surface area (TPSA) is 35.5 Å². The molecule has 0 aromatic heterocycles. The molecule has 1 aliphatic carbocycles. The van der Waals surface area contributed by atoms with E-state index < -0.39 is 0 Å². The van der Waals surface area contributed by atoms with Gasteiger partial charge in [0.05, 0.1) is 0 Å². The third-order valence-corrected chi connectivity index (χ3v) is 5.56. The van der Waals surface area contributed by atoms with Crippen LogP contribution in [0.15, 0.2) is 24.3 Å². The van der Waals surface area contributed by atoms with Crippen molar-refractivity contribution in [2.75, 3.05) is 24.6 Å². The van der Waals surface area contributed by atoms with Gasteiger partial charge in [-0.25, -0.2) is 0 Å². The Morgan fingerprint density at radius 1 is 1.09 bits per heavy atom. The maximum absolute atomic E-state index is 9.24. The van der Waals surface area contributed by atoms with Crippen LogP contribution in [0.3, 0.4) is 0 Å². The number of piperidine rings is 1. The second-order valence-corrected chi connectivity index (χ2v) is 7.77. The van der Waals surface area contributed by atoms with E-state index in [4.69, 9.17) is 0 Å². The van der Waals surface area contributed by atoms with Gasteiger partial charge in [0.1, 0.15) is 0 Å². The Kier molecular flexibility index (Phi) is 5.60. The second-order valence-electron chi connectivity index (χ2n) is 7.77. The van der Waals surface area contributed by atoms with Crippen molar-refractivity contribution in [1.29, 1.82) is 0 Å². The second kappa shape index (κ2) is 7.67. The van der Waals surface area contributed by atoms with Gasteiger partial charge in [0, 0.05) is 38.0 Å². The molecule has 0 bridgehead atoms. The molecule has 1 unspecified atom stereocenters. The van der Waals surface area contributed by atoms with Crippen LogP contribution in [-0.2, 0) is 6.54 Å². The molecule has 1 aromatic rings. The third-order valence-electron chi connectivity index (χ3n) is 5.56. The van der Waals surface area contributed by atoms with Crippen molar-refractivity contribution in [2.45, 2.75) is 52.1 Å². The third kappa shape index (κ3) is 4.48. The molecule has 3 rings (SSSR count). The van der Waals surface area contributed by atoms with Crippen LogP contribution in [-0.4, -0.2) is 30.8 Å². The first-order valence-electron chi connectivity index (χ1n) is 9.35. The number of benzene rings is 1. The Bertz CT molecular complexity index is 471. The van der Waals surface area contributed by atoms with Crippen LogP contribution < -0.4 is 10.2 Å². The Morgan fingerprint density at radius 3 is 2.26 bits per heavy atom. The molecule has 0 amide bonds. The van der Waals surface area contributed by atoms with Gasteiger partial charge in [0.15, 0.2) is 0 Å². The van der Waals surface area contributed by atoms with Crippen molar-refractivity contribution in [3.8, 4) is 0 Å². The van der Waals surface area contributed by atoms with Crippen LogP contribution in [0, 0.1) is 17.8 Å². The van der Waals surface area contributed by atoms with E-state index in [-0.39, 0.29) is 0 Å². The smallest absolute Gasteiger partial charge is 0.0460 e. The Labute approximate surface area is 141 Å². The van der Waals surface area contributed by atoms with Gasteiger partial charge in [0.2, 0.25) is 0 Å². The highest BCUT2D eigenvalue weighted by atomic mass is 16.3. The molecule has 23 heavy (non-hydrogen) atoms. The van der Waals surface area contributed by atoms with Crippen molar-refractivity contribution in [1.82, 2.24) is 5.32 Å². The average molecular weight is 316 g/mol. The van der Waals surface area contributed by atoms with Crippen molar-refractivity contribution in [3.05, 3.63) is 29.8 Å². The highest BCUT2D eigenvalue weighted by Crippen LogP contribution is 2.35. The summed E-state index contributed by atoms with van der Waals surface area (Å²) >= 11 is 0. The number of nitrogens with one attached hydrogen (secondary N) is 1. The predicted octanol–water partition coefficient (Wildman–Crippen LogP) is 3.42. The summed E-state index contributed by atoms with van der Waals surface area (Å²) in [6.45, 7) is 8.12. The molecular weight excluding hydrogens is 284 g/mol. The van der Waals surface area contributed by atoms with Gasteiger partial charge >= 0.3 is 0 Å². The molecule has 0 radical (unpaired) electrons. The van der Waals surface area contributed by atoms with Gasteiger partial charge in [-0.3, -0.25) is 0 Å². The number of hydrogen-bond donors (Lipinski definition) is 2. The maximum atomic E-state index is 9.24. The van der Waals surface area contributed by atoms with Gasteiger partial charge < -0.3 is 15.3 Å². The zero-order valence-electron chi connectivity index (χ0n) is 14.7. The van der Waals surface area contributed by atoms with E-state index in [0.29, 0.717) is 18.6 Å². The van der Waals surface area contributed by atoms with Crippen molar-refractivity contribution < 1.29 is 5.11 Å². The maximum Gasteiger partial charge on any atom is 0.0460 e. The summed E-state index contributed by atoms with van der Waals surface area (Å²) in [6.07, 6.45) is 5.02. The number of rotatable bonds is 7. The quantitative estimate of drug-likeness (QED) is 0.809. The lowest BCUT2D eigenvalue weighted by molar-refractivity contribution is 0.203. The molecule has 128 valence electrons. The normalized spacial score (nSPS) is 21.0. The fraction of sp³-hybridized carbons (Fsp3) is 0.700. The highest BCUT2D eigenvalue weighted by molar-refractivity contribution is 5.48. The fourth-order valence-corrected chi connectivity index (χ4v) is 3.84. The zero-order valence-corrected chi connectivity index (χ0v) is 14.7. The van der Waals surface area contributed by atoms with E-state index >= 15 is 0 Å². The Morgan fingerprint density at radius 2 is 1.74 bits per heavy atom. The number of anilines is 1. The van der Waals surface area contributed by atoms with E-state index in [1.807, 2.05) is 0 Å². The average Bonchev–Trinajstić information content (AvgIpc) is 3.40. The van der Waals surface area contributed by atoms with Crippen LogP contribution in [0.25, 0.3) is 0 Å². The molecule has 2 aliphatic rings. The summed E-state index contributed by atoms with van der Waals surface area (Å²) in [5.41, 5.74) is 2.71. The van der Waals surface area contributed by atoms with E-state index in [0.717, 1.165) is 44.3 Å². The highest BCUT2D eigenvalue weighted by Gasteiger charge is 2.32. The van der Waals surface area contributed by atoms with E-state index in [9.17, 15) is 5.11 Å². The SMILES string of the molecule is CC(C)C(NCc1ccc(N2CCC(CO)CC2)cc1)C1CC1. The summed E-state index contributed by atoms with van der Waals surface area (Å²) in [7, 11) is 0. The lowest BCUT2D eigenvalue weighted by Crippen LogP contribution is -2.35. The molecule has 1 heterocycles. The summed E-state index contributed by atoms with van der Waals surface area (Å²) < 4.78 is 0. The van der Waals surface area contributed by atoms with Crippen LogP contribution in [0.1, 0.15) is 45.1 Å². The zero-order chi connectivity index (χ0) is 16.2. The largest absolute Gasteiger partial charge is 0.396 e. The van der Waals surface area contributed by atoms with Gasteiger partial charge in [-0.05, 0) is 61.1 Å². The van der Waals surface area contributed by atoms with E-state index in [1.54, 1.807) is 0 Å². The van der Waals surface area contributed by atoms with Crippen molar-refractivity contribution >= 4 is 5.69 Å². The van der Waals surface area contributed by atoms with E-state index in [2.05, 4.69) is 48.3 Å². The fourth-order valence-electron chi connectivity index (χ4n) is 3.84. The van der Waals surface area contributed by atoms with Gasteiger partial charge in [-0.1, -0.05) is 26.0 Å². The predicted molar refractivity (Wildman–Crippen MR) is 96.7 cm³/mol. The summed E-state index contributed by atoms with van der Waals surface area (Å²) in [6, 6.07) is 9.73. The van der Waals surface area contributed by atoms with Crippen LogP contribution >= 0.6 is 0 Å². The summed E-state index contributed by atoms with van der Waals surface area (Å²) in [5.74, 6) is 2.13. The minimum Gasteiger partial charge on any atom is -0.396 e. The minimum absolute atomic E-state index is 0.344. The van der Waals surface area contributed by atoms with Crippen molar-refractivity contribution in [3.63, 3.8) is 0 Å². The number of aliphatic hydroxyl groups is 1. The molecule has 2 fully saturated rings. The lowest BCUT2D eigenvalue weighted by Gasteiger charge is -2.33. The first-order chi connectivity index (χ1) is 11.2. The van der Waals surface area contributed by atoms with Crippen LogP contribution in [0.2, 0.25) is 0 Å². The first-order valence-corrected chi connectivity index (χ1v) is 9.35. The molecule has 2 N–H and O–H groups in total. The summed E-state index contributed by atoms with van der Waals surface area (Å²) in [5, 5.41) is 13.0. The molecule has 1 saturated carbocycles.